The number of aliphatic hydroxyl groups excluding tert-OH is 1. The van der Waals surface area contributed by atoms with Crippen molar-refractivity contribution in [1.82, 2.24) is 4.90 Å². The summed E-state index contributed by atoms with van der Waals surface area (Å²) in [6.07, 6.45) is 0. The first-order chi connectivity index (χ1) is 15.9. The first kappa shape index (κ1) is 24.1. The van der Waals surface area contributed by atoms with Crippen molar-refractivity contribution in [3.8, 4) is 17.2 Å². The summed E-state index contributed by atoms with van der Waals surface area (Å²) in [6, 6.07) is 9.51. The van der Waals surface area contributed by atoms with Gasteiger partial charge in [0.05, 0.1) is 39.0 Å². The zero-order valence-corrected chi connectivity index (χ0v) is 19.5. The van der Waals surface area contributed by atoms with Crippen molar-refractivity contribution >= 4 is 17.4 Å². The number of hydrogen-bond acceptors (Lipinski definition) is 7. The molecule has 1 fully saturated rings. The van der Waals surface area contributed by atoms with E-state index in [1.165, 1.54) is 19.1 Å². The number of hydrogen-bond donors (Lipinski definition) is 1. The number of aryl methyl sites for hydroxylation is 1. The number of amides is 1. The fourth-order valence-corrected chi connectivity index (χ4v) is 3.95. The van der Waals surface area contributed by atoms with Crippen LogP contribution in [0.3, 0.4) is 0 Å². The molecule has 2 aromatic carbocycles. The van der Waals surface area contributed by atoms with Gasteiger partial charge in [0.15, 0.2) is 11.5 Å². The third kappa shape index (κ3) is 4.66. The Hall–Kier alpha value is -3.52. The summed E-state index contributed by atoms with van der Waals surface area (Å²) < 4.78 is 21.4. The number of carbonyl (C=O) groups is 2. The molecule has 1 amide bonds. The third-order valence-corrected chi connectivity index (χ3v) is 5.57. The van der Waals surface area contributed by atoms with E-state index in [0.717, 1.165) is 0 Å². The van der Waals surface area contributed by atoms with Crippen LogP contribution in [0.4, 0.5) is 0 Å². The third-order valence-electron chi connectivity index (χ3n) is 5.57. The number of likely N-dealkylation sites (tertiary alicyclic amines) is 1. The molecule has 1 N–H and O–H groups in total. The lowest BCUT2D eigenvalue weighted by molar-refractivity contribution is -0.140. The molecule has 1 atom stereocenters. The first-order valence-electron chi connectivity index (χ1n) is 10.6. The van der Waals surface area contributed by atoms with Crippen LogP contribution in [0.5, 0.6) is 17.2 Å². The molecular weight excluding hydrogens is 426 g/mol. The summed E-state index contributed by atoms with van der Waals surface area (Å²) in [6.45, 7) is 4.54. The lowest BCUT2D eigenvalue weighted by Crippen LogP contribution is -2.32. The molecule has 8 nitrogen and oxygen atoms in total. The van der Waals surface area contributed by atoms with Crippen molar-refractivity contribution in [1.29, 1.82) is 0 Å². The van der Waals surface area contributed by atoms with Gasteiger partial charge in [-0.05, 0) is 55.3 Å². The highest BCUT2D eigenvalue weighted by atomic mass is 16.5. The van der Waals surface area contributed by atoms with Crippen molar-refractivity contribution in [3.63, 3.8) is 0 Å². The number of benzene rings is 2. The van der Waals surface area contributed by atoms with E-state index in [1.807, 2.05) is 6.92 Å². The zero-order chi connectivity index (χ0) is 24.1. The van der Waals surface area contributed by atoms with Gasteiger partial charge >= 0.3 is 0 Å². The summed E-state index contributed by atoms with van der Waals surface area (Å²) in [4.78, 5) is 27.5. The highest BCUT2D eigenvalue weighted by Crippen LogP contribution is 2.42. The topological polar surface area (TPSA) is 94.5 Å². The molecule has 2 aromatic rings. The smallest absolute Gasteiger partial charge is 0.295 e. The molecule has 1 aliphatic heterocycles. The van der Waals surface area contributed by atoms with Crippen molar-refractivity contribution in [2.75, 3.05) is 41.1 Å². The minimum Gasteiger partial charge on any atom is -0.507 e. The van der Waals surface area contributed by atoms with Crippen LogP contribution < -0.4 is 14.2 Å². The minimum absolute atomic E-state index is 0.00980. The monoisotopic (exact) mass is 455 g/mol. The van der Waals surface area contributed by atoms with E-state index in [-0.39, 0.29) is 24.5 Å². The largest absolute Gasteiger partial charge is 0.507 e. The minimum atomic E-state index is -0.814. The van der Waals surface area contributed by atoms with E-state index in [4.69, 9.17) is 18.9 Å². The number of methoxy groups -OCH3 is 3. The highest BCUT2D eigenvalue weighted by molar-refractivity contribution is 6.46. The van der Waals surface area contributed by atoms with Crippen LogP contribution in [0.15, 0.2) is 42.0 Å². The van der Waals surface area contributed by atoms with Gasteiger partial charge < -0.3 is 29.0 Å². The summed E-state index contributed by atoms with van der Waals surface area (Å²) in [5, 5.41) is 11.2. The molecule has 33 heavy (non-hydrogen) atoms. The average molecular weight is 456 g/mol. The summed E-state index contributed by atoms with van der Waals surface area (Å²) in [5.74, 6) is -0.0612. The molecule has 0 radical (unpaired) electrons. The Morgan fingerprint density at radius 2 is 1.79 bits per heavy atom. The SMILES string of the molecule is CCOc1ccc(C2/C(=C(/O)c3ccc(OC)cc3C)C(=O)C(=O)N2CCOC)cc1OC. The van der Waals surface area contributed by atoms with Crippen molar-refractivity contribution in [2.24, 2.45) is 0 Å². The second kappa shape index (κ2) is 10.4. The summed E-state index contributed by atoms with van der Waals surface area (Å²) in [5.41, 5.74) is 1.77. The molecule has 1 heterocycles. The van der Waals surface area contributed by atoms with Gasteiger partial charge in [0.25, 0.3) is 11.7 Å². The lowest BCUT2D eigenvalue weighted by Gasteiger charge is -2.26. The Bertz CT molecular complexity index is 1080. The summed E-state index contributed by atoms with van der Waals surface area (Å²) in [7, 11) is 4.59. The number of ether oxygens (including phenoxy) is 4. The number of carbonyl (C=O) groups excluding carboxylic acids is 2. The molecule has 0 aliphatic carbocycles. The van der Waals surface area contributed by atoms with E-state index in [9.17, 15) is 14.7 Å². The molecule has 1 saturated heterocycles. The van der Waals surface area contributed by atoms with E-state index in [0.29, 0.717) is 40.5 Å². The van der Waals surface area contributed by atoms with Gasteiger partial charge in [-0.3, -0.25) is 9.59 Å². The lowest BCUT2D eigenvalue weighted by atomic mass is 9.93. The molecule has 0 spiro atoms. The second-order valence-electron chi connectivity index (χ2n) is 7.51. The standard InChI is InChI=1S/C25H29NO7/c1-6-33-19-10-7-16(14-20(19)32-5)22-21(24(28)25(29)26(22)11-12-30-3)23(27)18-9-8-17(31-4)13-15(18)2/h7-10,13-14,22,27H,6,11-12H2,1-5H3/b23-21-. The van der Waals surface area contributed by atoms with Crippen LogP contribution in [0, 0.1) is 6.92 Å². The van der Waals surface area contributed by atoms with Gasteiger partial charge in [-0.15, -0.1) is 0 Å². The Kier molecular flexibility index (Phi) is 7.60. The van der Waals surface area contributed by atoms with Gasteiger partial charge in [0.2, 0.25) is 0 Å². The van der Waals surface area contributed by atoms with E-state index >= 15 is 0 Å². The van der Waals surface area contributed by atoms with Gasteiger partial charge in [0.1, 0.15) is 11.5 Å². The Morgan fingerprint density at radius 3 is 2.39 bits per heavy atom. The fourth-order valence-electron chi connectivity index (χ4n) is 3.95. The summed E-state index contributed by atoms with van der Waals surface area (Å²) >= 11 is 0. The number of rotatable bonds is 9. The maximum Gasteiger partial charge on any atom is 0.295 e. The zero-order valence-electron chi connectivity index (χ0n) is 19.5. The molecule has 3 rings (SSSR count). The van der Waals surface area contributed by atoms with E-state index in [2.05, 4.69) is 0 Å². The Morgan fingerprint density at radius 1 is 1.03 bits per heavy atom. The van der Waals surface area contributed by atoms with Crippen LogP contribution >= 0.6 is 0 Å². The number of ketones is 1. The second-order valence-corrected chi connectivity index (χ2v) is 7.51. The predicted octanol–water partition coefficient (Wildman–Crippen LogP) is 3.48. The Labute approximate surface area is 193 Å². The molecule has 0 saturated carbocycles. The van der Waals surface area contributed by atoms with Crippen LogP contribution in [-0.2, 0) is 14.3 Å². The number of Topliss-reactive ketones (excluding diaryl/α,β-unsaturated/α-hetero) is 1. The van der Waals surface area contributed by atoms with E-state index < -0.39 is 17.7 Å². The Balaban J connectivity index is 2.20. The first-order valence-corrected chi connectivity index (χ1v) is 10.6. The van der Waals surface area contributed by atoms with Gasteiger partial charge in [0, 0.05) is 19.2 Å². The van der Waals surface area contributed by atoms with Crippen LogP contribution in [-0.4, -0.2) is 62.8 Å². The average Bonchev–Trinajstić information content (AvgIpc) is 3.07. The van der Waals surface area contributed by atoms with Crippen LogP contribution in [0.1, 0.15) is 29.7 Å². The number of nitrogens with zero attached hydrogens (tertiary/aromatic N) is 1. The molecular formula is C25H29NO7. The molecule has 0 aromatic heterocycles. The number of aliphatic hydroxyl groups is 1. The van der Waals surface area contributed by atoms with Crippen LogP contribution in [0.2, 0.25) is 0 Å². The molecule has 0 bridgehead atoms. The normalized spacial score (nSPS) is 17.4. The van der Waals surface area contributed by atoms with Gasteiger partial charge in [-0.25, -0.2) is 0 Å². The molecule has 176 valence electrons. The molecule has 8 heteroatoms. The quantitative estimate of drug-likeness (QED) is 0.351. The van der Waals surface area contributed by atoms with Crippen molar-refractivity contribution in [3.05, 3.63) is 58.7 Å². The van der Waals surface area contributed by atoms with Gasteiger partial charge in [-0.1, -0.05) is 6.07 Å². The fraction of sp³-hybridized carbons (Fsp3) is 0.360. The molecule has 1 unspecified atom stereocenters. The maximum absolute atomic E-state index is 13.1. The maximum atomic E-state index is 13.1. The highest BCUT2D eigenvalue weighted by Gasteiger charge is 2.46. The van der Waals surface area contributed by atoms with Crippen molar-refractivity contribution in [2.45, 2.75) is 19.9 Å². The van der Waals surface area contributed by atoms with Crippen molar-refractivity contribution < 1.29 is 33.6 Å². The van der Waals surface area contributed by atoms with Crippen LogP contribution in [0.25, 0.3) is 5.76 Å². The predicted molar refractivity (Wildman–Crippen MR) is 123 cm³/mol. The van der Waals surface area contributed by atoms with E-state index in [1.54, 1.807) is 50.4 Å². The molecule has 1 aliphatic rings. The van der Waals surface area contributed by atoms with Gasteiger partial charge in [-0.2, -0.15) is 0 Å².